The third-order valence-corrected chi connectivity index (χ3v) is 4.40. The maximum absolute atomic E-state index is 12.0. The first kappa shape index (κ1) is 18.3. The van der Waals surface area contributed by atoms with Gasteiger partial charge in [0.1, 0.15) is 4.90 Å². The lowest BCUT2D eigenvalue weighted by Crippen LogP contribution is -2.21. The van der Waals surface area contributed by atoms with Crippen LogP contribution < -0.4 is 11.1 Å². The number of halogens is 2. The van der Waals surface area contributed by atoms with Gasteiger partial charge in [0.05, 0.1) is 22.3 Å². The Balaban J connectivity index is 3.18. The number of nitrogens with one attached hydrogen (secondary N) is 1. The molecule has 0 saturated heterocycles. The molecule has 0 bridgehead atoms. The van der Waals surface area contributed by atoms with Gasteiger partial charge < -0.3 is 5.73 Å². The number of carbonyl (C=O) groups excluding carboxylic acids is 2. The second-order valence-corrected chi connectivity index (χ2v) is 5.83. The molecule has 0 fully saturated rings. The Hall–Kier alpha value is -1.75. The summed E-state index contributed by atoms with van der Waals surface area (Å²) < 4.78 is 28.6. The van der Waals surface area contributed by atoms with Crippen LogP contribution in [0.4, 0.5) is 15.3 Å². The van der Waals surface area contributed by atoms with Crippen molar-refractivity contribution in [2.45, 2.75) is 11.8 Å². The Morgan fingerprint density at radius 1 is 1.27 bits per heavy atom. The van der Waals surface area contributed by atoms with Crippen LogP contribution in [0.2, 0.25) is 10.0 Å². The van der Waals surface area contributed by atoms with Gasteiger partial charge in [0.25, 0.3) is 0 Å². The van der Waals surface area contributed by atoms with Crippen molar-refractivity contribution in [1.82, 2.24) is 0 Å². The predicted molar refractivity (Wildman–Crippen MR) is 76.0 cm³/mol. The topological polar surface area (TPSA) is 134 Å². The Kier molecular flexibility index (Phi) is 6.23. The molecule has 122 valence electrons. The smallest absolute Gasteiger partial charge is 0.332 e. The second kappa shape index (κ2) is 7.49. The van der Waals surface area contributed by atoms with Crippen molar-refractivity contribution >= 4 is 51.2 Å². The van der Waals surface area contributed by atoms with Gasteiger partial charge in [-0.1, -0.05) is 23.2 Å². The Morgan fingerprint density at radius 3 is 2.45 bits per heavy atom. The number of rotatable bonds is 4. The Labute approximate surface area is 135 Å². The van der Waals surface area contributed by atoms with Gasteiger partial charge in [-0.25, -0.2) is 19.4 Å². The largest absolute Gasteiger partial charge is 0.454 e. The van der Waals surface area contributed by atoms with Crippen LogP contribution in [0.25, 0.3) is 0 Å². The summed E-state index contributed by atoms with van der Waals surface area (Å²) in [6.07, 6.45) is -2.68. The highest BCUT2D eigenvalue weighted by Crippen LogP contribution is 2.36. The molecule has 0 aromatic heterocycles. The average molecular weight is 373 g/mol. The molecule has 2 amide bonds. The van der Waals surface area contributed by atoms with Crippen molar-refractivity contribution in [2.75, 3.05) is 11.9 Å². The van der Waals surface area contributed by atoms with Crippen LogP contribution in [0.5, 0.6) is 0 Å². The van der Waals surface area contributed by atoms with Crippen LogP contribution in [0.1, 0.15) is 6.92 Å². The Bertz CT molecular complexity index is 693. The molecule has 0 spiro atoms. The number of anilines is 1. The molecular weight excluding hydrogens is 363 g/mol. The summed E-state index contributed by atoms with van der Waals surface area (Å²) in [6, 6.07) is 2.38. The molecule has 0 aliphatic heterocycles. The first-order valence-electron chi connectivity index (χ1n) is 5.51. The van der Waals surface area contributed by atoms with Gasteiger partial charge in [-0.15, -0.1) is 0 Å². The zero-order chi connectivity index (χ0) is 16.9. The maximum atomic E-state index is 12.0. The Morgan fingerprint density at radius 2 is 1.91 bits per heavy atom. The monoisotopic (exact) mass is 372 g/mol. The van der Waals surface area contributed by atoms with E-state index in [-0.39, 0.29) is 22.3 Å². The molecule has 1 aromatic carbocycles. The molecule has 9 nitrogen and oxygen atoms in total. The van der Waals surface area contributed by atoms with Crippen molar-refractivity contribution in [3.05, 3.63) is 22.2 Å². The molecule has 0 saturated carbocycles. The molecule has 0 atom stereocenters. The molecule has 12 heteroatoms. The molecule has 1 aromatic rings. The minimum Gasteiger partial charge on any atom is -0.332 e. The van der Waals surface area contributed by atoms with E-state index in [0.717, 1.165) is 6.07 Å². The van der Waals surface area contributed by atoms with Crippen LogP contribution in [0, 0.1) is 0 Å². The van der Waals surface area contributed by atoms with Crippen LogP contribution >= 0.6 is 23.2 Å². The van der Waals surface area contributed by atoms with Crippen molar-refractivity contribution in [1.29, 1.82) is 0 Å². The van der Waals surface area contributed by atoms with E-state index < -0.39 is 27.2 Å². The third kappa shape index (κ3) is 4.63. The number of hydrogen-bond acceptors (Lipinski definition) is 7. The van der Waals surface area contributed by atoms with Gasteiger partial charge in [-0.2, -0.15) is 8.42 Å². The molecule has 0 heterocycles. The zero-order valence-electron chi connectivity index (χ0n) is 11.0. The summed E-state index contributed by atoms with van der Waals surface area (Å²) in [5.41, 5.74) is 4.31. The van der Waals surface area contributed by atoms with Crippen molar-refractivity contribution in [3.8, 4) is 0 Å². The van der Waals surface area contributed by atoms with Crippen LogP contribution in [0.3, 0.4) is 0 Å². The summed E-state index contributed by atoms with van der Waals surface area (Å²) in [5.74, 6) is 0. The number of benzene rings is 1. The molecule has 1 rings (SSSR count). The summed E-state index contributed by atoms with van der Waals surface area (Å²) in [6.45, 7) is 1.28. The second-order valence-electron chi connectivity index (χ2n) is 3.50. The molecule has 0 aliphatic rings. The predicted octanol–water partition coefficient (Wildman–Crippen LogP) is 2.28. The number of carbonyl (C=O) groups is 2. The van der Waals surface area contributed by atoms with Crippen molar-refractivity contribution < 1.29 is 32.0 Å². The van der Waals surface area contributed by atoms with Crippen LogP contribution in [-0.2, 0) is 24.1 Å². The lowest BCUT2D eigenvalue weighted by molar-refractivity contribution is -0.170. The molecule has 0 unspecified atom stereocenters. The van der Waals surface area contributed by atoms with Gasteiger partial charge in [0.2, 0.25) is 0 Å². The number of amides is 2. The minimum atomic E-state index is -4.29. The van der Waals surface area contributed by atoms with E-state index >= 15 is 0 Å². The number of primary amides is 1. The highest BCUT2D eigenvalue weighted by molar-refractivity contribution is 7.87. The van der Waals surface area contributed by atoms with E-state index in [1.54, 1.807) is 0 Å². The van der Waals surface area contributed by atoms with E-state index in [4.69, 9.17) is 23.2 Å². The molecular formula is C10H10Cl2N2O7S. The molecule has 22 heavy (non-hydrogen) atoms. The molecule has 0 radical (unpaired) electrons. The first-order chi connectivity index (χ1) is 10.2. The quantitative estimate of drug-likeness (QED) is 0.470. The minimum absolute atomic E-state index is 0.0766. The maximum Gasteiger partial charge on any atom is 0.454 e. The lowest BCUT2D eigenvalue weighted by atomic mass is 10.3. The summed E-state index contributed by atoms with van der Waals surface area (Å²) in [4.78, 5) is 28.9. The SMILES string of the molecule is CCOS(=O)(=O)c1c(NC(=O)OOC(N)=O)ccc(Cl)c1Cl. The summed E-state index contributed by atoms with van der Waals surface area (Å²) >= 11 is 11.6. The summed E-state index contributed by atoms with van der Waals surface area (Å²) in [5, 5.41) is 1.57. The fourth-order valence-corrected chi connectivity index (χ4v) is 3.11. The van der Waals surface area contributed by atoms with Crippen LogP contribution in [-0.4, -0.2) is 27.2 Å². The van der Waals surface area contributed by atoms with E-state index in [9.17, 15) is 18.0 Å². The van der Waals surface area contributed by atoms with Crippen molar-refractivity contribution in [2.24, 2.45) is 5.73 Å². The highest BCUT2D eigenvalue weighted by atomic mass is 35.5. The normalized spacial score (nSPS) is 10.9. The highest BCUT2D eigenvalue weighted by Gasteiger charge is 2.26. The standard InChI is InChI=1S/C10H10Cl2N2O7S/c1-2-19-22(17,18)8-6(4-3-5(11)7(8)12)14-10(16)21-20-9(13)15/h3-4H,2H2,1H3,(H2,13,15)(H,14,16). The number of hydrogen-bond donors (Lipinski definition) is 2. The summed E-state index contributed by atoms with van der Waals surface area (Å²) in [7, 11) is -4.29. The van der Waals surface area contributed by atoms with Gasteiger partial charge in [0, 0.05) is 0 Å². The fraction of sp³-hybridized carbons (Fsp3) is 0.200. The fourth-order valence-electron chi connectivity index (χ4n) is 1.30. The van der Waals surface area contributed by atoms with E-state index in [2.05, 4.69) is 19.7 Å². The lowest BCUT2D eigenvalue weighted by Gasteiger charge is -2.13. The van der Waals surface area contributed by atoms with Crippen LogP contribution in [0.15, 0.2) is 17.0 Å². The van der Waals surface area contributed by atoms with E-state index in [1.807, 2.05) is 5.32 Å². The van der Waals surface area contributed by atoms with E-state index in [0.29, 0.717) is 0 Å². The third-order valence-electron chi connectivity index (χ3n) is 2.01. The van der Waals surface area contributed by atoms with Crippen molar-refractivity contribution in [3.63, 3.8) is 0 Å². The van der Waals surface area contributed by atoms with Gasteiger partial charge in [-0.3, -0.25) is 9.50 Å². The first-order valence-corrected chi connectivity index (χ1v) is 7.67. The van der Waals surface area contributed by atoms with Gasteiger partial charge >= 0.3 is 22.3 Å². The van der Waals surface area contributed by atoms with E-state index in [1.165, 1.54) is 13.0 Å². The van der Waals surface area contributed by atoms with Gasteiger partial charge in [0.15, 0.2) is 0 Å². The average Bonchev–Trinajstić information content (AvgIpc) is 2.40. The number of nitrogens with two attached hydrogens (primary N) is 1. The molecule has 0 aliphatic carbocycles. The molecule has 3 N–H and O–H groups in total. The van der Waals surface area contributed by atoms with Gasteiger partial charge in [-0.05, 0) is 19.1 Å². The zero-order valence-corrected chi connectivity index (χ0v) is 13.3.